The number of nitrogens with one attached hydrogen (secondary N) is 1. The third-order valence-electron chi connectivity index (χ3n) is 3.01. The van der Waals surface area contributed by atoms with Crippen molar-refractivity contribution in [3.63, 3.8) is 0 Å². The van der Waals surface area contributed by atoms with Gasteiger partial charge < -0.3 is 5.32 Å². The van der Waals surface area contributed by atoms with Crippen molar-refractivity contribution < 1.29 is 4.79 Å². The van der Waals surface area contributed by atoms with E-state index in [4.69, 9.17) is 11.6 Å². The number of carbonyl (C=O) groups is 1. The fourth-order valence-corrected chi connectivity index (χ4v) is 1.35. The van der Waals surface area contributed by atoms with E-state index in [1.165, 1.54) is 6.33 Å². The van der Waals surface area contributed by atoms with Crippen molar-refractivity contribution >= 4 is 23.7 Å². The second-order valence-corrected chi connectivity index (χ2v) is 5.55. The maximum absolute atomic E-state index is 10.9. The van der Waals surface area contributed by atoms with E-state index in [0.29, 0.717) is 23.6 Å². The summed E-state index contributed by atoms with van der Waals surface area (Å²) >= 11 is 5.81. The summed E-state index contributed by atoms with van der Waals surface area (Å²) in [6.07, 6.45) is 2.02. The smallest absolute Gasteiger partial charge is 0.156 e. The molecule has 0 bridgehead atoms. The van der Waals surface area contributed by atoms with Crippen molar-refractivity contribution in [2.75, 3.05) is 11.9 Å². The Morgan fingerprint density at radius 1 is 1.47 bits per heavy atom. The van der Waals surface area contributed by atoms with Crippen LogP contribution in [0.4, 0.5) is 5.82 Å². The highest BCUT2D eigenvalue weighted by molar-refractivity contribution is 6.32. The van der Waals surface area contributed by atoms with Crippen LogP contribution in [0.25, 0.3) is 0 Å². The van der Waals surface area contributed by atoms with Gasteiger partial charge in [-0.2, -0.15) is 0 Å². The van der Waals surface area contributed by atoms with Crippen molar-refractivity contribution in [2.45, 2.75) is 27.7 Å². The molecule has 0 saturated carbocycles. The molecule has 0 aliphatic carbocycles. The van der Waals surface area contributed by atoms with Gasteiger partial charge in [0, 0.05) is 6.54 Å². The first-order valence-electron chi connectivity index (χ1n) is 5.55. The van der Waals surface area contributed by atoms with Crippen molar-refractivity contribution in [3.05, 3.63) is 17.0 Å². The minimum absolute atomic E-state index is 0.181. The average Bonchev–Trinajstić information content (AvgIpc) is 2.24. The molecule has 0 saturated heterocycles. The Hall–Kier alpha value is -1.16. The SMILES string of the molecule is CC(CNc1ncnc(Cl)c1C=O)C(C)(C)C. The summed E-state index contributed by atoms with van der Waals surface area (Å²) < 4.78 is 0. The van der Waals surface area contributed by atoms with Gasteiger partial charge in [-0.1, -0.05) is 39.3 Å². The Kier molecular flexibility index (Phi) is 4.46. The Balaban J connectivity index is 2.76. The van der Waals surface area contributed by atoms with E-state index >= 15 is 0 Å². The van der Waals surface area contributed by atoms with Crippen LogP contribution in [0.1, 0.15) is 38.1 Å². The van der Waals surface area contributed by atoms with Crippen LogP contribution in [-0.4, -0.2) is 22.8 Å². The van der Waals surface area contributed by atoms with Crippen LogP contribution in [0, 0.1) is 11.3 Å². The lowest BCUT2D eigenvalue weighted by Crippen LogP contribution is -2.25. The molecule has 1 unspecified atom stereocenters. The molecule has 1 aromatic rings. The highest BCUT2D eigenvalue weighted by Gasteiger charge is 2.20. The quantitative estimate of drug-likeness (QED) is 0.664. The highest BCUT2D eigenvalue weighted by Crippen LogP contribution is 2.26. The van der Waals surface area contributed by atoms with Crippen LogP contribution in [0.3, 0.4) is 0 Å². The molecular formula is C12H18ClN3O. The third-order valence-corrected chi connectivity index (χ3v) is 3.31. The van der Waals surface area contributed by atoms with Crippen LogP contribution in [0.5, 0.6) is 0 Å². The number of halogens is 1. The number of aldehydes is 1. The van der Waals surface area contributed by atoms with Crippen molar-refractivity contribution in [1.82, 2.24) is 9.97 Å². The molecule has 1 atom stereocenters. The van der Waals surface area contributed by atoms with E-state index in [2.05, 4.69) is 43.0 Å². The molecule has 0 radical (unpaired) electrons. The molecule has 0 fully saturated rings. The summed E-state index contributed by atoms with van der Waals surface area (Å²) in [4.78, 5) is 18.7. The second-order valence-electron chi connectivity index (χ2n) is 5.19. The Labute approximate surface area is 107 Å². The number of hydrogen-bond acceptors (Lipinski definition) is 4. The topological polar surface area (TPSA) is 54.9 Å². The number of aromatic nitrogens is 2. The van der Waals surface area contributed by atoms with Gasteiger partial charge >= 0.3 is 0 Å². The molecule has 1 aromatic heterocycles. The minimum atomic E-state index is 0.181. The van der Waals surface area contributed by atoms with E-state index in [0.717, 1.165) is 6.54 Å². The van der Waals surface area contributed by atoms with Gasteiger partial charge in [-0.05, 0) is 11.3 Å². The second kappa shape index (κ2) is 5.45. The third kappa shape index (κ3) is 3.66. The summed E-state index contributed by atoms with van der Waals surface area (Å²) in [5.41, 5.74) is 0.515. The van der Waals surface area contributed by atoms with Gasteiger partial charge in [0.1, 0.15) is 17.3 Å². The molecule has 1 heterocycles. The van der Waals surface area contributed by atoms with Gasteiger partial charge in [-0.25, -0.2) is 9.97 Å². The highest BCUT2D eigenvalue weighted by atomic mass is 35.5. The molecule has 17 heavy (non-hydrogen) atoms. The fraction of sp³-hybridized carbons (Fsp3) is 0.583. The molecule has 1 rings (SSSR count). The lowest BCUT2D eigenvalue weighted by molar-refractivity contribution is 0.112. The van der Waals surface area contributed by atoms with Crippen LogP contribution in [-0.2, 0) is 0 Å². The molecular weight excluding hydrogens is 238 g/mol. The largest absolute Gasteiger partial charge is 0.369 e. The number of hydrogen-bond donors (Lipinski definition) is 1. The standard InChI is InChI=1S/C12H18ClN3O/c1-8(12(2,3)4)5-14-11-9(6-17)10(13)15-7-16-11/h6-8H,5H2,1-4H3,(H,14,15,16). The normalized spacial score (nSPS) is 13.2. The van der Waals surface area contributed by atoms with Gasteiger partial charge in [0.25, 0.3) is 0 Å². The lowest BCUT2D eigenvalue weighted by Gasteiger charge is -2.27. The summed E-state index contributed by atoms with van der Waals surface area (Å²) in [7, 11) is 0. The zero-order valence-electron chi connectivity index (χ0n) is 10.6. The van der Waals surface area contributed by atoms with Crippen molar-refractivity contribution in [1.29, 1.82) is 0 Å². The van der Waals surface area contributed by atoms with E-state index in [1.807, 2.05) is 0 Å². The molecule has 1 N–H and O–H groups in total. The first kappa shape index (κ1) is 13.9. The minimum Gasteiger partial charge on any atom is -0.369 e. The Morgan fingerprint density at radius 3 is 2.65 bits per heavy atom. The number of anilines is 1. The maximum atomic E-state index is 10.9. The number of rotatable bonds is 4. The summed E-state index contributed by atoms with van der Waals surface area (Å²) in [5.74, 6) is 0.937. The van der Waals surface area contributed by atoms with E-state index in [9.17, 15) is 4.79 Å². The van der Waals surface area contributed by atoms with Crippen LogP contribution >= 0.6 is 11.6 Å². The first-order valence-corrected chi connectivity index (χ1v) is 5.93. The number of nitrogens with zero attached hydrogens (tertiary/aromatic N) is 2. The van der Waals surface area contributed by atoms with Gasteiger partial charge in [-0.15, -0.1) is 0 Å². The molecule has 4 nitrogen and oxygen atoms in total. The molecule has 0 spiro atoms. The fourth-order valence-electron chi connectivity index (χ4n) is 1.18. The van der Waals surface area contributed by atoms with Gasteiger partial charge in [-0.3, -0.25) is 4.79 Å². The summed E-state index contributed by atoms with van der Waals surface area (Å²) in [6, 6.07) is 0. The zero-order valence-corrected chi connectivity index (χ0v) is 11.4. The van der Waals surface area contributed by atoms with Crippen molar-refractivity contribution in [3.8, 4) is 0 Å². The monoisotopic (exact) mass is 255 g/mol. The molecule has 0 amide bonds. The maximum Gasteiger partial charge on any atom is 0.156 e. The molecule has 0 aliphatic rings. The molecule has 5 heteroatoms. The molecule has 94 valence electrons. The molecule has 0 aromatic carbocycles. The van der Waals surface area contributed by atoms with E-state index < -0.39 is 0 Å². The van der Waals surface area contributed by atoms with E-state index in [1.54, 1.807) is 0 Å². The summed E-state index contributed by atoms with van der Waals surface area (Å²) in [6.45, 7) is 9.40. The van der Waals surface area contributed by atoms with E-state index in [-0.39, 0.29) is 10.6 Å². The van der Waals surface area contributed by atoms with Gasteiger partial charge in [0.15, 0.2) is 6.29 Å². The van der Waals surface area contributed by atoms with Crippen molar-refractivity contribution in [2.24, 2.45) is 11.3 Å². The van der Waals surface area contributed by atoms with Crippen LogP contribution < -0.4 is 5.32 Å². The molecule has 0 aliphatic heterocycles. The lowest BCUT2D eigenvalue weighted by atomic mass is 9.82. The predicted octanol–water partition coefficient (Wildman–Crippen LogP) is 3.04. The van der Waals surface area contributed by atoms with Crippen LogP contribution in [0.15, 0.2) is 6.33 Å². The zero-order chi connectivity index (χ0) is 13.1. The Bertz CT molecular complexity index is 401. The average molecular weight is 256 g/mol. The Morgan fingerprint density at radius 2 is 2.12 bits per heavy atom. The van der Waals surface area contributed by atoms with Crippen LogP contribution in [0.2, 0.25) is 5.15 Å². The first-order chi connectivity index (χ1) is 7.86. The van der Waals surface area contributed by atoms with Gasteiger partial charge in [0.05, 0.1) is 5.56 Å². The number of carbonyl (C=O) groups excluding carboxylic acids is 1. The predicted molar refractivity (Wildman–Crippen MR) is 69.5 cm³/mol. The van der Waals surface area contributed by atoms with Gasteiger partial charge in [0.2, 0.25) is 0 Å². The summed E-state index contributed by atoms with van der Waals surface area (Å²) in [5, 5.41) is 3.33.